The van der Waals surface area contributed by atoms with Gasteiger partial charge in [-0.15, -0.1) is 0 Å². The van der Waals surface area contributed by atoms with Gasteiger partial charge in [0.1, 0.15) is 12.1 Å². The van der Waals surface area contributed by atoms with E-state index in [-0.39, 0.29) is 23.4 Å². The number of fused-ring (bicyclic) bond motifs is 2. The van der Waals surface area contributed by atoms with Crippen LogP contribution in [-0.4, -0.2) is 85.1 Å². The van der Waals surface area contributed by atoms with Crippen LogP contribution in [0.25, 0.3) is 27.9 Å². The van der Waals surface area contributed by atoms with Crippen molar-refractivity contribution in [1.29, 1.82) is 0 Å². The predicted molar refractivity (Wildman–Crippen MR) is 157 cm³/mol. The summed E-state index contributed by atoms with van der Waals surface area (Å²) >= 11 is 0. The molecule has 1 aliphatic rings. The van der Waals surface area contributed by atoms with Gasteiger partial charge in [-0.3, -0.25) is 9.69 Å². The van der Waals surface area contributed by atoms with Crippen LogP contribution >= 0.6 is 0 Å². The van der Waals surface area contributed by atoms with Crippen molar-refractivity contribution in [3.8, 4) is 11.3 Å². The fourth-order valence-electron chi connectivity index (χ4n) is 5.53. The summed E-state index contributed by atoms with van der Waals surface area (Å²) in [5.41, 5.74) is 8.62. The molecule has 0 aromatic carbocycles. The van der Waals surface area contributed by atoms with Crippen LogP contribution in [0.1, 0.15) is 64.2 Å². The second-order valence-electron chi connectivity index (χ2n) is 12.4. The number of piperazine rings is 1. The van der Waals surface area contributed by atoms with E-state index < -0.39 is 0 Å². The number of H-pyrrole nitrogens is 1. The molecule has 0 aliphatic carbocycles. The van der Waals surface area contributed by atoms with E-state index >= 15 is 0 Å². The van der Waals surface area contributed by atoms with E-state index in [1.165, 1.54) is 11.1 Å². The highest BCUT2D eigenvalue weighted by atomic mass is 16.2. The van der Waals surface area contributed by atoms with Gasteiger partial charge in [0.05, 0.1) is 23.3 Å². The highest BCUT2D eigenvalue weighted by molar-refractivity contribution is 5.90. The van der Waals surface area contributed by atoms with Gasteiger partial charge in [0, 0.05) is 48.5 Å². The molecule has 0 unspecified atom stereocenters. The first-order valence-electron chi connectivity index (χ1n) is 13.9. The number of carbonyl (C=O) groups excluding carboxylic acids is 1. The maximum absolute atomic E-state index is 13.0. The SMILES string of the molecule is Cc1c(-c2[nH]c3ccc(N4CCN(C(=O)CN(C)C(C)(C)C)C[C@H]4C)nc3c2C(C)C)cn2ncnc2c1C. The molecule has 1 aliphatic heterocycles. The number of nitrogens with one attached hydrogen (secondary N) is 1. The lowest BCUT2D eigenvalue weighted by molar-refractivity contribution is -0.134. The molecule has 9 heteroatoms. The number of rotatable bonds is 5. The van der Waals surface area contributed by atoms with Gasteiger partial charge in [0.15, 0.2) is 5.65 Å². The van der Waals surface area contributed by atoms with Gasteiger partial charge in [-0.2, -0.15) is 5.10 Å². The Bertz CT molecular complexity index is 1530. The zero-order chi connectivity index (χ0) is 28.2. The second-order valence-corrected chi connectivity index (χ2v) is 12.4. The molecule has 1 saturated heterocycles. The quantitative estimate of drug-likeness (QED) is 0.400. The fraction of sp³-hybridized carbons (Fsp3) is 0.533. The first kappa shape index (κ1) is 27.1. The Morgan fingerprint density at radius 1 is 1.18 bits per heavy atom. The van der Waals surface area contributed by atoms with Crippen molar-refractivity contribution in [1.82, 2.24) is 34.4 Å². The molecule has 208 valence electrons. The van der Waals surface area contributed by atoms with E-state index in [1.54, 1.807) is 6.33 Å². The summed E-state index contributed by atoms with van der Waals surface area (Å²) in [5.74, 6) is 1.42. The van der Waals surface area contributed by atoms with Crippen molar-refractivity contribution in [2.24, 2.45) is 0 Å². The Labute approximate surface area is 231 Å². The molecular weight excluding hydrogens is 488 g/mol. The maximum Gasteiger partial charge on any atom is 0.236 e. The third-order valence-corrected chi connectivity index (χ3v) is 8.43. The molecule has 4 aromatic rings. The number of aromatic amines is 1. The molecule has 1 fully saturated rings. The molecule has 0 bridgehead atoms. The number of pyridine rings is 2. The third-order valence-electron chi connectivity index (χ3n) is 8.43. The monoisotopic (exact) mass is 530 g/mol. The molecule has 1 amide bonds. The van der Waals surface area contributed by atoms with Crippen LogP contribution in [0, 0.1) is 13.8 Å². The number of hydrogen-bond donors (Lipinski definition) is 1. The van der Waals surface area contributed by atoms with Crippen LogP contribution in [-0.2, 0) is 4.79 Å². The molecule has 0 saturated carbocycles. The van der Waals surface area contributed by atoms with Gasteiger partial charge in [-0.05, 0) is 77.8 Å². The first-order valence-corrected chi connectivity index (χ1v) is 13.9. The van der Waals surface area contributed by atoms with Gasteiger partial charge >= 0.3 is 0 Å². The molecule has 1 N–H and O–H groups in total. The Balaban J connectivity index is 1.45. The summed E-state index contributed by atoms with van der Waals surface area (Å²) in [4.78, 5) is 32.8. The normalized spacial score (nSPS) is 16.8. The van der Waals surface area contributed by atoms with Crippen molar-refractivity contribution < 1.29 is 4.79 Å². The summed E-state index contributed by atoms with van der Waals surface area (Å²) in [5, 5.41) is 4.40. The standard InChI is InChI=1S/C30H42N8O/c1-18(2)26-27(22-15-38-29(31-17-32-38)21(5)20(22)4)33-23-10-11-24(34-28(23)26)37-13-12-36(14-19(37)3)25(39)16-35(9)30(6,7)8/h10-11,15,17-19,33H,12-14,16H2,1-9H3/t19-/m1/s1. The number of hydrogen-bond acceptors (Lipinski definition) is 6. The van der Waals surface area contributed by atoms with Crippen LogP contribution in [0.2, 0.25) is 0 Å². The molecule has 5 rings (SSSR count). The van der Waals surface area contributed by atoms with Gasteiger partial charge in [-0.25, -0.2) is 14.5 Å². The Hall–Kier alpha value is -3.46. The molecule has 39 heavy (non-hydrogen) atoms. The lowest BCUT2D eigenvalue weighted by Crippen LogP contribution is -2.56. The third kappa shape index (κ3) is 4.88. The molecule has 0 spiro atoms. The minimum Gasteiger partial charge on any atom is -0.353 e. The molecule has 0 radical (unpaired) electrons. The number of anilines is 1. The zero-order valence-electron chi connectivity index (χ0n) is 24.8. The van der Waals surface area contributed by atoms with Gasteiger partial charge in [0.25, 0.3) is 0 Å². The van der Waals surface area contributed by atoms with Crippen LogP contribution < -0.4 is 4.90 Å². The number of amides is 1. The second kappa shape index (κ2) is 9.93. The minimum atomic E-state index is -0.0375. The van der Waals surface area contributed by atoms with E-state index in [0.717, 1.165) is 45.9 Å². The highest BCUT2D eigenvalue weighted by Gasteiger charge is 2.30. The number of nitrogens with zero attached hydrogens (tertiary/aromatic N) is 7. The first-order chi connectivity index (χ1) is 18.4. The topological polar surface area (TPSA) is 85.7 Å². The fourth-order valence-corrected chi connectivity index (χ4v) is 5.53. The van der Waals surface area contributed by atoms with E-state index in [2.05, 4.69) is 98.6 Å². The Kier molecular flexibility index (Phi) is 6.91. The Morgan fingerprint density at radius 2 is 1.92 bits per heavy atom. The number of carbonyl (C=O) groups is 1. The van der Waals surface area contributed by atoms with Crippen LogP contribution in [0.15, 0.2) is 24.7 Å². The maximum atomic E-state index is 13.0. The molecule has 5 heterocycles. The van der Waals surface area contributed by atoms with E-state index in [0.29, 0.717) is 19.6 Å². The average Bonchev–Trinajstić information content (AvgIpc) is 3.49. The van der Waals surface area contributed by atoms with E-state index in [4.69, 9.17) is 4.98 Å². The number of aryl methyl sites for hydroxylation is 1. The average molecular weight is 531 g/mol. The summed E-state index contributed by atoms with van der Waals surface area (Å²) in [6, 6.07) is 4.42. The summed E-state index contributed by atoms with van der Waals surface area (Å²) in [7, 11) is 2.01. The van der Waals surface area contributed by atoms with E-state index in [1.807, 2.05) is 16.5 Å². The van der Waals surface area contributed by atoms with Gasteiger partial charge in [-0.1, -0.05) is 13.8 Å². The smallest absolute Gasteiger partial charge is 0.236 e. The van der Waals surface area contributed by atoms with E-state index in [9.17, 15) is 4.79 Å². The van der Waals surface area contributed by atoms with Crippen molar-refractivity contribution >= 4 is 28.4 Å². The minimum absolute atomic E-state index is 0.0375. The summed E-state index contributed by atoms with van der Waals surface area (Å²) in [6.07, 6.45) is 3.67. The van der Waals surface area contributed by atoms with Crippen molar-refractivity contribution in [3.63, 3.8) is 0 Å². The van der Waals surface area contributed by atoms with Crippen molar-refractivity contribution in [2.75, 3.05) is 38.1 Å². The number of aromatic nitrogens is 5. The lowest BCUT2D eigenvalue weighted by Gasteiger charge is -2.41. The predicted octanol–water partition coefficient (Wildman–Crippen LogP) is 4.78. The van der Waals surface area contributed by atoms with Crippen molar-refractivity contribution in [3.05, 3.63) is 41.3 Å². The molecular formula is C30H42N8O. The number of likely N-dealkylation sites (N-methyl/N-ethyl adjacent to an activating group) is 1. The molecule has 4 aromatic heterocycles. The summed E-state index contributed by atoms with van der Waals surface area (Å²) in [6.45, 7) is 19.9. The van der Waals surface area contributed by atoms with Gasteiger partial charge in [0.2, 0.25) is 5.91 Å². The molecule has 1 atom stereocenters. The largest absolute Gasteiger partial charge is 0.353 e. The van der Waals surface area contributed by atoms with Crippen molar-refractivity contribution in [2.45, 2.75) is 72.9 Å². The van der Waals surface area contributed by atoms with Crippen LogP contribution in [0.4, 0.5) is 5.82 Å². The lowest BCUT2D eigenvalue weighted by atomic mass is 9.95. The molecule has 9 nitrogen and oxygen atoms in total. The highest BCUT2D eigenvalue weighted by Crippen LogP contribution is 2.38. The van der Waals surface area contributed by atoms with Gasteiger partial charge < -0.3 is 14.8 Å². The van der Waals surface area contributed by atoms with Crippen LogP contribution in [0.5, 0.6) is 0 Å². The Morgan fingerprint density at radius 3 is 2.59 bits per heavy atom. The zero-order valence-corrected chi connectivity index (χ0v) is 24.8. The summed E-state index contributed by atoms with van der Waals surface area (Å²) < 4.78 is 1.86. The van der Waals surface area contributed by atoms with Crippen LogP contribution in [0.3, 0.4) is 0 Å².